The summed E-state index contributed by atoms with van der Waals surface area (Å²) in [5, 5.41) is 17.8. The molecule has 0 amide bonds. The van der Waals surface area contributed by atoms with E-state index in [1.165, 1.54) is 17.8 Å². The van der Waals surface area contributed by atoms with Crippen molar-refractivity contribution < 1.29 is 19.0 Å². The zero-order valence-corrected chi connectivity index (χ0v) is 17.3. The lowest BCUT2D eigenvalue weighted by Gasteiger charge is -2.05. The standard InChI is InChI=1S/C19H13ClFN3O3S2/c1-27-13-6-5-9(20)7-10(13)17-22-19(24-23-17)28-8-11-15-12(21)3-2-4-14(15)29-16(11)18(25)26/h2-7H,8H2,1H3,(H,25,26)(H,22,23,24). The van der Waals surface area contributed by atoms with Crippen LogP contribution in [0.4, 0.5) is 4.39 Å². The Labute approximate surface area is 177 Å². The first-order chi connectivity index (χ1) is 14.0. The van der Waals surface area contributed by atoms with Gasteiger partial charge in [-0.25, -0.2) is 14.2 Å². The van der Waals surface area contributed by atoms with E-state index in [2.05, 4.69) is 15.2 Å². The number of rotatable bonds is 6. The molecule has 10 heteroatoms. The van der Waals surface area contributed by atoms with Gasteiger partial charge in [-0.05, 0) is 35.9 Å². The number of carbonyl (C=O) groups is 1. The van der Waals surface area contributed by atoms with Gasteiger partial charge in [0.2, 0.25) is 5.16 Å². The Morgan fingerprint density at radius 1 is 1.38 bits per heavy atom. The highest BCUT2D eigenvalue weighted by molar-refractivity contribution is 7.98. The molecule has 29 heavy (non-hydrogen) atoms. The summed E-state index contributed by atoms with van der Waals surface area (Å²) in [6, 6.07) is 9.74. The lowest BCUT2D eigenvalue weighted by atomic mass is 10.1. The summed E-state index contributed by atoms with van der Waals surface area (Å²) >= 11 is 8.34. The summed E-state index contributed by atoms with van der Waals surface area (Å²) in [6.07, 6.45) is 0. The first kappa shape index (κ1) is 19.7. The van der Waals surface area contributed by atoms with Gasteiger partial charge in [0.25, 0.3) is 0 Å². The van der Waals surface area contributed by atoms with E-state index in [0.29, 0.717) is 43.0 Å². The molecule has 0 spiro atoms. The summed E-state index contributed by atoms with van der Waals surface area (Å²) in [6.45, 7) is 0. The highest BCUT2D eigenvalue weighted by atomic mass is 35.5. The van der Waals surface area contributed by atoms with E-state index < -0.39 is 11.8 Å². The zero-order chi connectivity index (χ0) is 20.5. The van der Waals surface area contributed by atoms with Crippen molar-refractivity contribution in [3.63, 3.8) is 0 Å². The molecule has 2 heterocycles. The number of nitrogens with zero attached hydrogens (tertiary/aromatic N) is 2. The Hall–Kier alpha value is -2.62. The largest absolute Gasteiger partial charge is 0.496 e. The Balaban J connectivity index is 1.64. The molecule has 0 bridgehead atoms. The predicted molar refractivity (Wildman–Crippen MR) is 112 cm³/mol. The van der Waals surface area contributed by atoms with Crippen LogP contribution in [0.2, 0.25) is 5.02 Å². The van der Waals surface area contributed by atoms with Gasteiger partial charge in [0.15, 0.2) is 5.82 Å². The summed E-state index contributed by atoms with van der Waals surface area (Å²) in [5.74, 6) is -0.262. The van der Waals surface area contributed by atoms with E-state index in [1.807, 2.05) is 0 Å². The third-order valence-electron chi connectivity index (χ3n) is 4.18. The fraction of sp³-hybridized carbons (Fsp3) is 0.105. The lowest BCUT2D eigenvalue weighted by molar-refractivity contribution is 0.0701. The van der Waals surface area contributed by atoms with Crippen LogP contribution in [-0.4, -0.2) is 33.4 Å². The van der Waals surface area contributed by atoms with Gasteiger partial charge in [-0.1, -0.05) is 29.4 Å². The third-order valence-corrected chi connectivity index (χ3v) is 6.48. The Kier molecular flexibility index (Phi) is 5.44. The predicted octanol–water partition coefficient (Wildman–Crippen LogP) is 5.48. The van der Waals surface area contributed by atoms with E-state index in [1.54, 1.807) is 37.4 Å². The minimum Gasteiger partial charge on any atom is -0.496 e. The number of aromatic amines is 1. The van der Waals surface area contributed by atoms with E-state index in [4.69, 9.17) is 16.3 Å². The highest BCUT2D eigenvalue weighted by Crippen LogP contribution is 2.37. The highest BCUT2D eigenvalue weighted by Gasteiger charge is 2.21. The molecule has 0 saturated carbocycles. The van der Waals surface area contributed by atoms with Crippen molar-refractivity contribution in [2.24, 2.45) is 0 Å². The van der Waals surface area contributed by atoms with Crippen molar-refractivity contribution in [2.75, 3.05) is 7.11 Å². The van der Waals surface area contributed by atoms with Crippen LogP contribution in [0.25, 0.3) is 21.5 Å². The Morgan fingerprint density at radius 3 is 2.97 bits per heavy atom. The molecule has 148 valence electrons. The second-order valence-electron chi connectivity index (χ2n) is 5.93. The Bertz CT molecular complexity index is 1220. The molecule has 4 rings (SSSR count). The number of nitrogens with one attached hydrogen (secondary N) is 1. The molecule has 0 unspecified atom stereocenters. The average Bonchev–Trinajstić information content (AvgIpc) is 3.31. The van der Waals surface area contributed by atoms with Crippen molar-refractivity contribution in [3.05, 3.63) is 57.7 Å². The number of methoxy groups -OCH3 is 1. The van der Waals surface area contributed by atoms with Crippen LogP contribution in [-0.2, 0) is 5.75 Å². The number of carboxylic acids is 1. The number of hydrogen-bond donors (Lipinski definition) is 2. The first-order valence-corrected chi connectivity index (χ1v) is 10.5. The van der Waals surface area contributed by atoms with Crippen LogP contribution in [0, 0.1) is 5.82 Å². The number of carboxylic acid groups (broad SMARTS) is 1. The Morgan fingerprint density at radius 2 is 2.21 bits per heavy atom. The molecular weight excluding hydrogens is 437 g/mol. The van der Waals surface area contributed by atoms with Crippen LogP contribution in [0.5, 0.6) is 5.75 Å². The maximum Gasteiger partial charge on any atom is 0.346 e. The molecule has 0 saturated heterocycles. The van der Waals surface area contributed by atoms with E-state index in [9.17, 15) is 14.3 Å². The molecule has 0 aliphatic rings. The van der Waals surface area contributed by atoms with E-state index >= 15 is 0 Å². The maximum atomic E-state index is 14.3. The second kappa shape index (κ2) is 8.02. The number of halogens is 2. The average molecular weight is 450 g/mol. The molecule has 6 nitrogen and oxygen atoms in total. The molecule has 2 aromatic carbocycles. The lowest BCUT2D eigenvalue weighted by Crippen LogP contribution is -1.97. The monoisotopic (exact) mass is 449 g/mol. The van der Waals surface area contributed by atoms with Crippen LogP contribution in [0.15, 0.2) is 41.6 Å². The summed E-state index contributed by atoms with van der Waals surface area (Å²) in [7, 11) is 1.54. The van der Waals surface area contributed by atoms with Crippen LogP contribution in [0.3, 0.4) is 0 Å². The molecule has 0 atom stereocenters. The third kappa shape index (κ3) is 3.81. The molecule has 2 N–H and O–H groups in total. The van der Waals surface area contributed by atoms with Gasteiger partial charge in [-0.2, -0.15) is 0 Å². The number of fused-ring (bicyclic) bond motifs is 1. The number of benzene rings is 2. The molecule has 0 fully saturated rings. The first-order valence-electron chi connectivity index (χ1n) is 8.30. The minimum atomic E-state index is -1.08. The van der Waals surface area contributed by atoms with Gasteiger partial charge in [-0.15, -0.1) is 16.4 Å². The summed E-state index contributed by atoms with van der Waals surface area (Å²) in [4.78, 5) is 16.2. The zero-order valence-electron chi connectivity index (χ0n) is 14.9. The number of aromatic carboxylic acids is 1. The number of hydrogen-bond acceptors (Lipinski definition) is 6. The smallest absolute Gasteiger partial charge is 0.346 e. The number of ether oxygens (including phenoxy) is 1. The quantitative estimate of drug-likeness (QED) is 0.379. The van der Waals surface area contributed by atoms with Crippen LogP contribution < -0.4 is 4.74 Å². The number of aromatic nitrogens is 3. The topological polar surface area (TPSA) is 88.1 Å². The second-order valence-corrected chi connectivity index (χ2v) is 8.36. The molecule has 0 aliphatic heterocycles. The van der Waals surface area contributed by atoms with Crippen molar-refractivity contribution in [2.45, 2.75) is 10.9 Å². The molecule has 0 aliphatic carbocycles. The van der Waals surface area contributed by atoms with Gasteiger partial charge in [0, 0.05) is 20.9 Å². The normalized spacial score (nSPS) is 11.1. The summed E-state index contributed by atoms with van der Waals surface area (Å²) < 4.78 is 20.3. The number of thiophene rings is 1. The van der Waals surface area contributed by atoms with E-state index in [0.717, 1.165) is 11.3 Å². The molecule has 0 radical (unpaired) electrons. The SMILES string of the molecule is COc1ccc(Cl)cc1-c1nc(SCc2c(C(=O)O)sc3cccc(F)c23)n[nH]1. The van der Waals surface area contributed by atoms with Crippen molar-refractivity contribution in [1.29, 1.82) is 0 Å². The minimum absolute atomic E-state index is 0.116. The summed E-state index contributed by atoms with van der Waals surface area (Å²) in [5.41, 5.74) is 1.07. The number of H-pyrrole nitrogens is 1. The van der Waals surface area contributed by atoms with Gasteiger partial charge in [-0.3, -0.25) is 5.10 Å². The number of thioether (sulfide) groups is 1. The van der Waals surface area contributed by atoms with Gasteiger partial charge < -0.3 is 9.84 Å². The fourth-order valence-electron chi connectivity index (χ4n) is 2.91. The van der Waals surface area contributed by atoms with E-state index in [-0.39, 0.29) is 10.6 Å². The fourth-order valence-corrected chi connectivity index (χ4v) is 5.08. The van der Waals surface area contributed by atoms with Crippen molar-refractivity contribution >= 4 is 50.8 Å². The molecule has 2 aromatic heterocycles. The molecular formula is C19H13ClFN3O3S2. The molecule has 4 aromatic rings. The van der Waals surface area contributed by atoms with Crippen LogP contribution in [0.1, 0.15) is 15.2 Å². The van der Waals surface area contributed by atoms with Gasteiger partial charge in [0.05, 0.1) is 12.7 Å². The van der Waals surface area contributed by atoms with Crippen LogP contribution >= 0.6 is 34.7 Å². The van der Waals surface area contributed by atoms with Crippen molar-refractivity contribution in [3.8, 4) is 17.1 Å². The van der Waals surface area contributed by atoms with Gasteiger partial charge >= 0.3 is 5.97 Å². The van der Waals surface area contributed by atoms with Crippen molar-refractivity contribution in [1.82, 2.24) is 15.2 Å². The van der Waals surface area contributed by atoms with Gasteiger partial charge in [0.1, 0.15) is 16.4 Å². The maximum absolute atomic E-state index is 14.3.